The quantitative estimate of drug-likeness (QED) is 0.626. The Morgan fingerprint density at radius 2 is 1.81 bits per heavy atom. The van der Waals surface area contributed by atoms with Gasteiger partial charge in [-0.25, -0.2) is 5.21 Å². The van der Waals surface area contributed by atoms with Crippen molar-refractivity contribution in [1.29, 1.82) is 0 Å². The average molecular weight is 227 g/mol. The Labute approximate surface area is 97.1 Å². The van der Waals surface area contributed by atoms with Gasteiger partial charge in [-0.05, 0) is 10.8 Å². The lowest BCUT2D eigenvalue weighted by Gasteiger charge is -2.02. The molecule has 0 saturated carbocycles. The summed E-state index contributed by atoms with van der Waals surface area (Å²) in [6, 6.07) is 14.3. The van der Waals surface area contributed by atoms with E-state index >= 15 is 0 Å². The Morgan fingerprint density at radius 1 is 1.00 bits per heavy atom. The molecule has 1 aromatic heterocycles. The highest BCUT2D eigenvalue weighted by atomic mass is 32.1. The van der Waals surface area contributed by atoms with Gasteiger partial charge in [0.05, 0.1) is 0 Å². The molecule has 0 bridgehead atoms. The van der Waals surface area contributed by atoms with Crippen LogP contribution in [0.5, 0.6) is 0 Å². The van der Waals surface area contributed by atoms with Crippen LogP contribution in [0.3, 0.4) is 0 Å². The molecular formula is C12H9N3S. The van der Waals surface area contributed by atoms with E-state index in [1.165, 1.54) is 5.39 Å². The topological polar surface area (TPSA) is 44.5 Å². The van der Waals surface area contributed by atoms with E-state index in [0.29, 0.717) is 4.64 Å². The lowest BCUT2D eigenvalue weighted by molar-refractivity contribution is 0.938. The van der Waals surface area contributed by atoms with Crippen LogP contribution in [-0.4, -0.2) is 15.4 Å². The number of aromatic nitrogens is 3. The third kappa shape index (κ3) is 1.35. The number of rotatable bonds is 1. The fourth-order valence-corrected chi connectivity index (χ4v) is 2.06. The fraction of sp³-hybridized carbons (Fsp3) is 0. The summed E-state index contributed by atoms with van der Waals surface area (Å²) < 4.78 is 0.636. The largest absolute Gasteiger partial charge is 0.273 e. The second-order valence-electron chi connectivity index (χ2n) is 3.55. The van der Waals surface area contributed by atoms with Crippen LogP contribution < -0.4 is 0 Å². The van der Waals surface area contributed by atoms with Crippen molar-refractivity contribution in [3.8, 4) is 11.3 Å². The van der Waals surface area contributed by atoms with Gasteiger partial charge >= 0.3 is 0 Å². The van der Waals surface area contributed by atoms with E-state index < -0.39 is 0 Å². The standard InChI is InChI=1S/C12H9N3S/c16-12-11(13-15-14-12)10-7-3-5-8-4-1-2-6-9(8)10/h1-7H,(H2,13,14,15,16). The van der Waals surface area contributed by atoms with Crippen LogP contribution in [0.4, 0.5) is 0 Å². The van der Waals surface area contributed by atoms with Gasteiger partial charge in [0.2, 0.25) is 0 Å². The molecule has 0 aliphatic rings. The molecule has 0 aliphatic carbocycles. The predicted octanol–water partition coefficient (Wildman–Crippen LogP) is 3.29. The van der Waals surface area contributed by atoms with E-state index in [-0.39, 0.29) is 0 Å². The molecule has 78 valence electrons. The third-order valence-electron chi connectivity index (χ3n) is 2.60. The van der Waals surface area contributed by atoms with Crippen LogP contribution in [0.25, 0.3) is 22.0 Å². The highest BCUT2D eigenvalue weighted by Gasteiger charge is 2.06. The molecule has 3 rings (SSSR count). The van der Waals surface area contributed by atoms with Crippen LogP contribution in [-0.2, 0) is 0 Å². The molecular weight excluding hydrogens is 218 g/mol. The molecule has 0 unspecified atom stereocenters. The van der Waals surface area contributed by atoms with Gasteiger partial charge in [0.1, 0.15) is 10.3 Å². The van der Waals surface area contributed by atoms with Crippen molar-refractivity contribution in [1.82, 2.24) is 15.4 Å². The zero-order valence-electron chi connectivity index (χ0n) is 8.40. The third-order valence-corrected chi connectivity index (χ3v) is 2.89. The lowest BCUT2D eigenvalue weighted by atomic mass is 10.0. The second-order valence-corrected chi connectivity index (χ2v) is 3.96. The van der Waals surface area contributed by atoms with Crippen molar-refractivity contribution in [3.05, 3.63) is 47.1 Å². The smallest absolute Gasteiger partial charge is 0.147 e. The summed E-state index contributed by atoms with van der Waals surface area (Å²) in [6.45, 7) is 0. The van der Waals surface area contributed by atoms with Gasteiger partial charge < -0.3 is 0 Å². The summed E-state index contributed by atoms with van der Waals surface area (Å²) >= 11 is 5.18. The van der Waals surface area contributed by atoms with Crippen molar-refractivity contribution >= 4 is 23.0 Å². The first-order chi connectivity index (χ1) is 7.86. The molecule has 1 heterocycles. The summed E-state index contributed by atoms with van der Waals surface area (Å²) in [4.78, 5) is 0. The molecule has 0 amide bonds. The van der Waals surface area contributed by atoms with Crippen molar-refractivity contribution < 1.29 is 0 Å². The summed E-state index contributed by atoms with van der Waals surface area (Å²) in [7, 11) is 0. The average Bonchev–Trinajstić information content (AvgIpc) is 2.75. The lowest BCUT2D eigenvalue weighted by Crippen LogP contribution is -1.81. The Hall–Kier alpha value is -1.94. The maximum atomic E-state index is 5.18. The summed E-state index contributed by atoms with van der Waals surface area (Å²) in [5, 5.41) is 12.0. The molecule has 0 atom stereocenters. The Balaban J connectivity index is 2.41. The van der Waals surface area contributed by atoms with Crippen molar-refractivity contribution in [3.63, 3.8) is 0 Å². The minimum Gasteiger partial charge on any atom is -0.273 e. The Kier molecular flexibility index (Phi) is 2.08. The van der Waals surface area contributed by atoms with Crippen LogP contribution in [0.15, 0.2) is 42.5 Å². The number of aromatic amines is 2. The maximum Gasteiger partial charge on any atom is 0.147 e. The molecule has 2 N–H and O–H groups in total. The summed E-state index contributed by atoms with van der Waals surface area (Å²) in [6.07, 6.45) is 0. The molecule has 3 nitrogen and oxygen atoms in total. The normalized spacial score (nSPS) is 10.8. The molecule has 3 aromatic rings. The number of hydrogen-bond acceptors (Lipinski definition) is 2. The van der Waals surface area contributed by atoms with Gasteiger partial charge in [-0.1, -0.05) is 54.7 Å². The number of fused-ring (bicyclic) bond motifs is 1. The molecule has 0 aliphatic heterocycles. The second kappa shape index (κ2) is 3.57. The first kappa shape index (κ1) is 9.30. The fourth-order valence-electron chi connectivity index (χ4n) is 1.86. The van der Waals surface area contributed by atoms with Gasteiger partial charge in [-0.3, -0.25) is 5.10 Å². The van der Waals surface area contributed by atoms with Crippen molar-refractivity contribution in [2.24, 2.45) is 0 Å². The Bertz CT molecular complexity index is 691. The van der Waals surface area contributed by atoms with Crippen LogP contribution in [0.2, 0.25) is 0 Å². The van der Waals surface area contributed by atoms with Gasteiger partial charge in [0.25, 0.3) is 0 Å². The van der Waals surface area contributed by atoms with Crippen molar-refractivity contribution in [2.45, 2.75) is 0 Å². The zero-order chi connectivity index (χ0) is 11.0. The predicted molar refractivity (Wildman–Crippen MR) is 66.7 cm³/mol. The molecule has 16 heavy (non-hydrogen) atoms. The molecule has 4 heteroatoms. The van der Waals surface area contributed by atoms with E-state index in [2.05, 4.69) is 33.6 Å². The van der Waals surface area contributed by atoms with E-state index in [4.69, 9.17) is 12.2 Å². The van der Waals surface area contributed by atoms with E-state index in [1.807, 2.05) is 24.3 Å². The van der Waals surface area contributed by atoms with Gasteiger partial charge in [-0.2, -0.15) is 5.10 Å². The molecule has 2 aromatic carbocycles. The first-order valence-electron chi connectivity index (χ1n) is 4.97. The minimum absolute atomic E-state index is 0.636. The number of hydrogen-bond donors (Lipinski definition) is 2. The van der Waals surface area contributed by atoms with E-state index in [1.54, 1.807) is 0 Å². The van der Waals surface area contributed by atoms with Crippen LogP contribution >= 0.6 is 12.2 Å². The molecule has 0 spiro atoms. The minimum atomic E-state index is 0.636. The van der Waals surface area contributed by atoms with Gasteiger partial charge in [0.15, 0.2) is 0 Å². The molecule has 0 fully saturated rings. The van der Waals surface area contributed by atoms with Crippen LogP contribution in [0.1, 0.15) is 0 Å². The van der Waals surface area contributed by atoms with Gasteiger partial charge in [0, 0.05) is 5.56 Å². The summed E-state index contributed by atoms with van der Waals surface area (Å²) in [5.41, 5.74) is 1.85. The highest BCUT2D eigenvalue weighted by Crippen LogP contribution is 2.26. The van der Waals surface area contributed by atoms with Crippen LogP contribution in [0, 0.1) is 4.64 Å². The van der Waals surface area contributed by atoms with E-state index in [0.717, 1.165) is 16.6 Å². The molecule has 0 saturated heterocycles. The highest BCUT2D eigenvalue weighted by molar-refractivity contribution is 7.71. The number of H-pyrrole nitrogens is 2. The number of nitrogens with one attached hydrogen (secondary N) is 2. The van der Waals surface area contributed by atoms with Gasteiger partial charge in [-0.15, -0.1) is 0 Å². The first-order valence-corrected chi connectivity index (χ1v) is 5.38. The zero-order valence-corrected chi connectivity index (χ0v) is 9.21. The maximum absolute atomic E-state index is 5.18. The number of nitrogens with zero attached hydrogens (tertiary/aromatic N) is 1. The Morgan fingerprint density at radius 3 is 2.62 bits per heavy atom. The van der Waals surface area contributed by atoms with E-state index in [9.17, 15) is 0 Å². The summed E-state index contributed by atoms with van der Waals surface area (Å²) in [5.74, 6) is 0. The number of benzene rings is 2. The molecule has 0 radical (unpaired) electrons. The van der Waals surface area contributed by atoms with Crippen molar-refractivity contribution in [2.75, 3.05) is 0 Å². The SMILES string of the molecule is S=c1[nH][nH]nc1-c1cccc2ccccc12. The monoisotopic (exact) mass is 227 g/mol.